The zero-order valence-electron chi connectivity index (χ0n) is 9.89. The van der Waals surface area contributed by atoms with Crippen LogP contribution in [0.3, 0.4) is 0 Å². The standard InChI is InChI=1S/C11H21NO3S/c1-10-2-5-12(6-3-10)16(13,14)9-11-4-7-15-8-11/h10-11H,2-9H2,1H3. The lowest BCUT2D eigenvalue weighted by atomic mass is 10.0. The van der Waals surface area contributed by atoms with Gasteiger partial charge in [-0.2, -0.15) is 0 Å². The van der Waals surface area contributed by atoms with E-state index in [0.717, 1.165) is 25.9 Å². The lowest BCUT2D eigenvalue weighted by Gasteiger charge is -2.30. The van der Waals surface area contributed by atoms with Gasteiger partial charge in [-0.1, -0.05) is 6.92 Å². The Bertz CT molecular complexity index is 314. The van der Waals surface area contributed by atoms with Gasteiger partial charge in [0.1, 0.15) is 0 Å². The van der Waals surface area contributed by atoms with E-state index in [1.807, 2.05) is 0 Å². The van der Waals surface area contributed by atoms with E-state index in [-0.39, 0.29) is 11.7 Å². The fourth-order valence-electron chi connectivity index (χ4n) is 2.38. The molecular formula is C11H21NO3S. The Hall–Kier alpha value is -0.130. The number of rotatable bonds is 3. The van der Waals surface area contributed by atoms with E-state index in [9.17, 15) is 8.42 Å². The quantitative estimate of drug-likeness (QED) is 0.750. The van der Waals surface area contributed by atoms with Crippen LogP contribution in [0.15, 0.2) is 0 Å². The van der Waals surface area contributed by atoms with Gasteiger partial charge in [-0.3, -0.25) is 0 Å². The molecule has 0 aliphatic carbocycles. The number of hydrogen-bond acceptors (Lipinski definition) is 3. The number of hydrogen-bond donors (Lipinski definition) is 0. The molecule has 0 aromatic rings. The molecule has 0 amide bonds. The van der Waals surface area contributed by atoms with Crippen LogP contribution in [0.5, 0.6) is 0 Å². The van der Waals surface area contributed by atoms with Crippen molar-refractivity contribution in [3.8, 4) is 0 Å². The van der Waals surface area contributed by atoms with E-state index in [1.165, 1.54) is 0 Å². The van der Waals surface area contributed by atoms with Gasteiger partial charge in [0.2, 0.25) is 10.0 Å². The number of sulfonamides is 1. The molecule has 2 fully saturated rings. The van der Waals surface area contributed by atoms with Crippen LogP contribution < -0.4 is 0 Å². The van der Waals surface area contributed by atoms with E-state index in [0.29, 0.717) is 25.6 Å². The van der Waals surface area contributed by atoms with Gasteiger partial charge in [-0.15, -0.1) is 0 Å². The maximum atomic E-state index is 12.1. The van der Waals surface area contributed by atoms with Crippen molar-refractivity contribution in [1.82, 2.24) is 4.31 Å². The van der Waals surface area contributed by atoms with Crippen LogP contribution in [0.1, 0.15) is 26.2 Å². The molecule has 4 nitrogen and oxygen atoms in total. The first-order valence-corrected chi connectivity index (χ1v) is 7.74. The summed E-state index contributed by atoms with van der Waals surface area (Å²) in [6, 6.07) is 0. The molecule has 2 aliphatic rings. The molecule has 2 aliphatic heterocycles. The van der Waals surface area contributed by atoms with Crippen LogP contribution in [-0.2, 0) is 14.8 Å². The van der Waals surface area contributed by atoms with Crippen molar-refractivity contribution in [2.24, 2.45) is 11.8 Å². The maximum Gasteiger partial charge on any atom is 0.214 e. The van der Waals surface area contributed by atoms with Crippen LogP contribution in [0.4, 0.5) is 0 Å². The third-order valence-electron chi connectivity index (χ3n) is 3.61. The largest absolute Gasteiger partial charge is 0.381 e. The first-order valence-electron chi connectivity index (χ1n) is 6.13. The first-order chi connectivity index (χ1) is 7.58. The van der Waals surface area contributed by atoms with Gasteiger partial charge in [0.15, 0.2) is 0 Å². The summed E-state index contributed by atoms with van der Waals surface area (Å²) in [4.78, 5) is 0. The minimum atomic E-state index is -3.04. The van der Waals surface area contributed by atoms with Gasteiger partial charge in [0, 0.05) is 19.7 Å². The number of piperidine rings is 1. The van der Waals surface area contributed by atoms with Crippen LogP contribution in [0.2, 0.25) is 0 Å². The Morgan fingerprint density at radius 1 is 1.25 bits per heavy atom. The third kappa shape index (κ3) is 2.96. The Morgan fingerprint density at radius 3 is 2.50 bits per heavy atom. The molecule has 16 heavy (non-hydrogen) atoms. The highest BCUT2D eigenvalue weighted by atomic mass is 32.2. The van der Waals surface area contributed by atoms with E-state index < -0.39 is 10.0 Å². The minimum absolute atomic E-state index is 0.212. The predicted octanol–water partition coefficient (Wildman–Crippen LogP) is 1.08. The molecule has 0 saturated carbocycles. The second-order valence-corrected chi connectivity index (χ2v) is 7.10. The summed E-state index contributed by atoms with van der Waals surface area (Å²) < 4.78 is 31.1. The summed E-state index contributed by atoms with van der Waals surface area (Å²) in [7, 11) is -3.04. The second kappa shape index (κ2) is 5.02. The summed E-state index contributed by atoms with van der Waals surface area (Å²) in [5.41, 5.74) is 0. The maximum absolute atomic E-state index is 12.1. The molecule has 1 unspecified atom stereocenters. The van der Waals surface area contributed by atoms with Crippen molar-refractivity contribution in [2.45, 2.75) is 26.2 Å². The summed E-state index contributed by atoms with van der Waals surface area (Å²) >= 11 is 0. The SMILES string of the molecule is CC1CCN(S(=O)(=O)CC2CCOC2)CC1. The molecule has 0 radical (unpaired) electrons. The Balaban J connectivity index is 1.90. The fourth-order valence-corrected chi connectivity index (χ4v) is 4.22. The van der Waals surface area contributed by atoms with Crippen molar-refractivity contribution in [1.29, 1.82) is 0 Å². The molecule has 5 heteroatoms. The van der Waals surface area contributed by atoms with Crippen molar-refractivity contribution in [3.05, 3.63) is 0 Å². The van der Waals surface area contributed by atoms with Crippen LogP contribution >= 0.6 is 0 Å². The van der Waals surface area contributed by atoms with Crippen molar-refractivity contribution in [2.75, 3.05) is 32.1 Å². The molecule has 0 N–H and O–H groups in total. The number of nitrogens with zero attached hydrogens (tertiary/aromatic N) is 1. The summed E-state index contributed by atoms with van der Waals surface area (Å²) in [6.45, 7) is 4.93. The molecular weight excluding hydrogens is 226 g/mol. The molecule has 1 atom stereocenters. The van der Waals surface area contributed by atoms with Gasteiger partial charge in [-0.05, 0) is 31.1 Å². The number of ether oxygens (including phenoxy) is 1. The lowest BCUT2D eigenvalue weighted by molar-refractivity contribution is 0.188. The van der Waals surface area contributed by atoms with Crippen LogP contribution in [0, 0.1) is 11.8 Å². The van der Waals surface area contributed by atoms with Crippen molar-refractivity contribution in [3.63, 3.8) is 0 Å². The minimum Gasteiger partial charge on any atom is -0.381 e. The Kier molecular flexibility index (Phi) is 3.87. The second-order valence-electron chi connectivity index (χ2n) is 5.09. The zero-order valence-corrected chi connectivity index (χ0v) is 10.7. The highest BCUT2D eigenvalue weighted by Crippen LogP contribution is 2.22. The Morgan fingerprint density at radius 2 is 1.94 bits per heavy atom. The topological polar surface area (TPSA) is 46.6 Å². The Labute approximate surface area is 98.0 Å². The molecule has 0 bridgehead atoms. The van der Waals surface area contributed by atoms with E-state index in [1.54, 1.807) is 4.31 Å². The smallest absolute Gasteiger partial charge is 0.214 e. The van der Waals surface area contributed by atoms with E-state index in [4.69, 9.17) is 4.74 Å². The molecule has 2 saturated heterocycles. The highest BCUT2D eigenvalue weighted by molar-refractivity contribution is 7.89. The van der Waals surface area contributed by atoms with Gasteiger partial charge in [0.25, 0.3) is 0 Å². The predicted molar refractivity (Wildman–Crippen MR) is 62.7 cm³/mol. The molecule has 94 valence electrons. The van der Waals surface area contributed by atoms with Gasteiger partial charge >= 0.3 is 0 Å². The van der Waals surface area contributed by atoms with Gasteiger partial charge < -0.3 is 4.74 Å². The fraction of sp³-hybridized carbons (Fsp3) is 1.00. The normalized spacial score (nSPS) is 29.7. The van der Waals surface area contributed by atoms with Crippen molar-refractivity contribution >= 4 is 10.0 Å². The first kappa shape index (κ1) is 12.3. The monoisotopic (exact) mass is 247 g/mol. The summed E-state index contributed by atoms with van der Waals surface area (Å²) in [5.74, 6) is 1.16. The summed E-state index contributed by atoms with van der Waals surface area (Å²) in [6.07, 6.45) is 2.89. The zero-order chi connectivity index (χ0) is 11.6. The lowest BCUT2D eigenvalue weighted by Crippen LogP contribution is -2.40. The molecule has 0 aromatic carbocycles. The van der Waals surface area contributed by atoms with Gasteiger partial charge in [0.05, 0.1) is 12.4 Å². The summed E-state index contributed by atoms with van der Waals surface area (Å²) in [5, 5.41) is 0. The molecule has 0 spiro atoms. The molecule has 0 aromatic heterocycles. The third-order valence-corrected chi connectivity index (χ3v) is 5.65. The average molecular weight is 247 g/mol. The molecule has 2 heterocycles. The van der Waals surface area contributed by atoms with Crippen LogP contribution in [0.25, 0.3) is 0 Å². The van der Waals surface area contributed by atoms with Gasteiger partial charge in [-0.25, -0.2) is 12.7 Å². The van der Waals surface area contributed by atoms with Crippen molar-refractivity contribution < 1.29 is 13.2 Å². The van der Waals surface area contributed by atoms with E-state index in [2.05, 4.69) is 6.92 Å². The van der Waals surface area contributed by atoms with Crippen LogP contribution in [-0.4, -0.2) is 44.8 Å². The average Bonchev–Trinajstić information content (AvgIpc) is 2.70. The highest BCUT2D eigenvalue weighted by Gasteiger charge is 2.30. The van der Waals surface area contributed by atoms with E-state index >= 15 is 0 Å². The molecule has 2 rings (SSSR count).